The van der Waals surface area contributed by atoms with Crippen LogP contribution < -0.4 is 4.90 Å². The van der Waals surface area contributed by atoms with Crippen LogP contribution in [0.5, 0.6) is 0 Å². The fourth-order valence-electron chi connectivity index (χ4n) is 5.35. The smallest absolute Gasteiger partial charge is 0.231 e. The Balaban J connectivity index is 1.16. The number of fused-ring (bicyclic) bond motifs is 1. The number of aryl methyl sites for hydroxylation is 2. The summed E-state index contributed by atoms with van der Waals surface area (Å²) in [5, 5.41) is 11.4. The summed E-state index contributed by atoms with van der Waals surface area (Å²) in [7, 11) is 0. The number of hydrogen-bond donors (Lipinski definition) is 0. The van der Waals surface area contributed by atoms with Gasteiger partial charge >= 0.3 is 0 Å². The second-order valence-corrected chi connectivity index (χ2v) is 10.7. The van der Waals surface area contributed by atoms with Crippen LogP contribution in [0.4, 0.5) is 22.7 Å². The van der Waals surface area contributed by atoms with Gasteiger partial charge in [0.2, 0.25) is 5.71 Å². The molecule has 0 aliphatic carbocycles. The third kappa shape index (κ3) is 5.08. The van der Waals surface area contributed by atoms with Crippen LogP contribution in [0.1, 0.15) is 16.7 Å². The van der Waals surface area contributed by atoms with Crippen molar-refractivity contribution in [2.75, 3.05) is 11.4 Å². The summed E-state index contributed by atoms with van der Waals surface area (Å²) in [4.78, 5) is 6.79. The Kier molecular flexibility index (Phi) is 6.61. The molecular formula is C37H30N5+. The summed E-state index contributed by atoms with van der Waals surface area (Å²) in [5.41, 5.74) is 10.9. The fourth-order valence-corrected chi connectivity index (χ4v) is 5.35. The van der Waals surface area contributed by atoms with Crippen molar-refractivity contribution < 1.29 is 4.70 Å². The SMILES string of the molecule is Cc1ccc(N(c2ccc(C)cc2)c2ccc3cc(C4=NN=[N+](c5cccc(-c6ccccn6)c5)C4)ccc3c2)cc1. The van der Waals surface area contributed by atoms with E-state index < -0.39 is 0 Å². The minimum Gasteiger partial charge on any atom is -0.310 e. The standard InChI is InChI=1S/C37H30N5/c1-26-9-16-32(17-10-26)42(33-18-11-27(2)12-19-33)35-20-15-28-22-31(14-13-29(28)23-35)37-25-41(40-39-37)34-7-5-6-30(24-34)36-8-3-4-21-38-36/h3-24H,25H2,1-2H3/q+1. The van der Waals surface area contributed by atoms with Crippen LogP contribution in [0.25, 0.3) is 22.0 Å². The summed E-state index contributed by atoms with van der Waals surface area (Å²) in [6.07, 6.45) is 1.81. The van der Waals surface area contributed by atoms with Gasteiger partial charge < -0.3 is 4.90 Å². The third-order valence-electron chi connectivity index (χ3n) is 7.68. The molecular weight excluding hydrogens is 514 g/mol. The predicted molar refractivity (Wildman–Crippen MR) is 172 cm³/mol. The van der Waals surface area contributed by atoms with Crippen molar-refractivity contribution in [1.82, 2.24) is 4.98 Å². The molecule has 0 saturated heterocycles. The van der Waals surface area contributed by atoms with E-state index in [1.807, 2.05) is 35.2 Å². The Morgan fingerprint density at radius 1 is 0.595 bits per heavy atom. The zero-order valence-corrected chi connectivity index (χ0v) is 23.6. The number of rotatable bonds is 6. The van der Waals surface area contributed by atoms with E-state index in [1.54, 1.807) is 0 Å². The zero-order chi connectivity index (χ0) is 28.5. The lowest BCUT2D eigenvalue weighted by atomic mass is 10.0. The first-order chi connectivity index (χ1) is 20.6. The normalized spacial score (nSPS) is 12.7. The average molecular weight is 545 g/mol. The number of benzene rings is 5. The molecule has 6 aromatic rings. The zero-order valence-electron chi connectivity index (χ0n) is 23.6. The van der Waals surface area contributed by atoms with E-state index in [0.717, 1.165) is 45.3 Å². The van der Waals surface area contributed by atoms with Crippen LogP contribution in [-0.2, 0) is 0 Å². The molecule has 2 heterocycles. The first-order valence-corrected chi connectivity index (χ1v) is 14.1. The van der Waals surface area contributed by atoms with Crippen molar-refractivity contribution in [2.24, 2.45) is 10.3 Å². The van der Waals surface area contributed by atoms with Crippen molar-refractivity contribution in [3.8, 4) is 11.3 Å². The lowest BCUT2D eigenvalue weighted by Crippen LogP contribution is -2.12. The summed E-state index contributed by atoms with van der Waals surface area (Å²) < 4.78 is 1.94. The Morgan fingerprint density at radius 3 is 2.00 bits per heavy atom. The van der Waals surface area contributed by atoms with Crippen LogP contribution in [0.15, 0.2) is 144 Å². The molecule has 5 heteroatoms. The van der Waals surface area contributed by atoms with Crippen molar-refractivity contribution >= 4 is 39.2 Å². The molecule has 0 fully saturated rings. The van der Waals surface area contributed by atoms with Crippen LogP contribution in [0.2, 0.25) is 0 Å². The Hall–Kier alpha value is -5.42. The van der Waals surface area contributed by atoms with Gasteiger partial charge in [0, 0.05) is 34.4 Å². The number of hydrogen-bond acceptors (Lipinski definition) is 4. The van der Waals surface area contributed by atoms with E-state index >= 15 is 0 Å². The third-order valence-corrected chi connectivity index (χ3v) is 7.68. The maximum Gasteiger partial charge on any atom is 0.231 e. The van der Waals surface area contributed by atoms with Crippen molar-refractivity contribution in [3.05, 3.63) is 150 Å². The van der Waals surface area contributed by atoms with Gasteiger partial charge in [-0.3, -0.25) is 4.98 Å². The molecule has 0 saturated carbocycles. The Morgan fingerprint density at radius 2 is 1.29 bits per heavy atom. The van der Waals surface area contributed by atoms with E-state index in [1.165, 1.54) is 21.9 Å². The largest absolute Gasteiger partial charge is 0.310 e. The highest BCUT2D eigenvalue weighted by molar-refractivity contribution is 6.05. The second-order valence-electron chi connectivity index (χ2n) is 10.7. The van der Waals surface area contributed by atoms with Crippen LogP contribution >= 0.6 is 0 Å². The first-order valence-electron chi connectivity index (χ1n) is 14.1. The van der Waals surface area contributed by atoms with Crippen molar-refractivity contribution in [2.45, 2.75) is 13.8 Å². The molecule has 42 heavy (non-hydrogen) atoms. The highest BCUT2D eigenvalue weighted by atomic mass is 15.5. The monoisotopic (exact) mass is 544 g/mol. The number of pyridine rings is 1. The molecule has 1 aliphatic heterocycles. The molecule has 5 nitrogen and oxygen atoms in total. The van der Waals surface area contributed by atoms with Gasteiger partial charge in [-0.25, -0.2) is 0 Å². The van der Waals surface area contributed by atoms with Crippen LogP contribution in [0.3, 0.4) is 0 Å². The molecule has 5 aromatic carbocycles. The lowest BCUT2D eigenvalue weighted by Gasteiger charge is -2.26. The summed E-state index contributed by atoms with van der Waals surface area (Å²) in [5.74, 6) is 0. The Labute approximate surface area is 245 Å². The molecule has 0 bridgehead atoms. The van der Waals surface area contributed by atoms with Gasteiger partial charge in [-0.1, -0.05) is 71.8 Å². The van der Waals surface area contributed by atoms with Crippen molar-refractivity contribution in [1.29, 1.82) is 0 Å². The summed E-state index contributed by atoms with van der Waals surface area (Å²) in [6.45, 7) is 4.85. The molecule has 0 atom stereocenters. The number of aromatic nitrogens is 1. The molecule has 1 aliphatic rings. The van der Waals surface area contributed by atoms with E-state index in [0.29, 0.717) is 6.54 Å². The molecule has 0 radical (unpaired) electrons. The van der Waals surface area contributed by atoms with Crippen LogP contribution in [0, 0.1) is 13.8 Å². The first kappa shape index (κ1) is 25.5. The minimum atomic E-state index is 0.615. The fraction of sp³-hybridized carbons (Fsp3) is 0.0811. The maximum atomic E-state index is 4.56. The average Bonchev–Trinajstić information content (AvgIpc) is 3.54. The van der Waals surface area contributed by atoms with Gasteiger partial charge in [0.1, 0.15) is 5.22 Å². The molecule has 1 aromatic heterocycles. The quantitative estimate of drug-likeness (QED) is 0.196. The summed E-state index contributed by atoms with van der Waals surface area (Å²) >= 11 is 0. The lowest BCUT2D eigenvalue weighted by molar-refractivity contribution is -0.492. The molecule has 0 unspecified atom stereocenters. The molecule has 0 amide bonds. The molecule has 0 N–H and O–H groups in total. The van der Waals surface area contributed by atoms with E-state index in [9.17, 15) is 0 Å². The number of nitrogens with zero attached hydrogens (tertiary/aromatic N) is 5. The number of anilines is 3. The Bertz CT molecular complexity index is 1910. The van der Waals surface area contributed by atoms with Crippen LogP contribution in [-0.4, -0.2) is 21.9 Å². The van der Waals surface area contributed by atoms with E-state index in [2.05, 4.69) is 137 Å². The highest BCUT2D eigenvalue weighted by Gasteiger charge is 2.24. The molecule has 7 rings (SSSR count). The topological polar surface area (TPSA) is 43.9 Å². The van der Waals surface area contributed by atoms with E-state index in [4.69, 9.17) is 0 Å². The highest BCUT2D eigenvalue weighted by Crippen LogP contribution is 2.36. The van der Waals surface area contributed by atoms with E-state index in [-0.39, 0.29) is 0 Å². The molecule has 0 spiro atoms. The summed E-state index contributed by atoms with van der Waals surface area (Å²) in [6, 6.07) is 44.8. The van der Waals surface area contributed by atoms with Gasteiger partial charge in [-0.05, 0) is 91.3 Å². The maximum absolute atomic E-state index is 4.56. The minimum absolute atomic E-state index is 0.615. The molecule has 202 valence electrons. The van der Waals surface area contributed by atoms with Gasteiger partial charge in [-0.2, -0.15) is 0 Å². The van der Waals surface area contributed by atoms with Gasteiger partial charge in [0.15, 0.2) is 12.2 Å². The second kappa shape index (κ2) is 10.9. The van der Waals surface area contributed by atoms with Gasteiger partial charge in [0.05, 0.1) is 10.8 Å². The van der Waals surface area contributed by atoms with Gasteiger partial charge in [0.25, 0.3) is 0 Å². The van der Waals surface area contributed by atoms with Crippen molar-refractivity contribution in [3.63, 3.8) is 0 Å². The predicted octanol–water partition coefficient (Wildman–Crippen LogP) is 9.50. The van der Waals surface area contributed by atoms with Gasteiger partial charge in [-0.15, -0.1) is 4.70 Å².